The van der Waals surface area contributed by atoms with Gasteiger partial charge < -0.3 is 10.6 Å². The minimum Gasteiger partial charge on any atom is -0.352 e. The zero-order chi connectivity index (χ0) is 16.1. The number of hydrogen-bond acceptors (Lipinski definition) is 3. The van der Waals surface area contributed by atoms with Crippen LogP contribution in [0.4, 0.5) is 8.78 Å². The van der Waals surface area contributed by atoms with Gasteiger partial charge in [0.1, 0.15) is 11.6 Å². The van der Waals surface area contributed by atoms with E-state index in [1.165, 1.54) is 0 Å². The molecule has 1 heterocycles. The largest absolute Gasteiger partial charge is 0.352 e. The van der Waals surface area contributed by atoms with Crippen LogP contribution in [0.25, 0.3) is 0 Å². The lowest BCUT2D eigenvalue weighted by Gasteiger charge is -2.30. The van der Waals surface area contributed by atoms with E-state index in [1.54, 1.807) is 0 Å². The standard InChI is InChI=1S/C16H20F2N2O2.ClH/c1-10-14(3-2-8-19-10)20-16(22)7-6-15(21)12-5-4-11(17)9-13(12)18;/h4-5,9-10,14,19H,2-3,6-8H2,1H3,(H,20,22);1H. The number of ketones is 1. The summed E-state index contributed by atoms with van der Waals surface area (Å²) in [5, 5.41) is 6.17. The zero-order valence-corrected chi connectivity index (χ0v) is 13.7. The van der Waals surface area contributed by atoms with Crippen LogP contribution in [0.1, 0.15) is 43.0 Å². The second kappa shape index (κ2) is 8.93. The van der Waals surface area contributed by atoms with Crippen molar-refractivity contribution in [2.24, 2.45) is 0 Å². The van der Waals surface area contributed by atoms with Gasteiger partial charge >= 0.3 is 0 Å². The first-order valence-corrected chi connectivity index (χ1v) is 7.48. The third-order valence-corrected chi connectivity index (χ3v) is 3.92. The summed E-state index contributed by atoms with van der Waals surface area (Å²) in [4.78, 5) is 23.8. The number of carbonyl (C=O) groups is 2. The van der Waals surface area contributed by atoms with E-state index in [0.29, 0.717) is 6.07 Å². The van der Waals surface area contributed by atoms with Gasteiger partial charge in [-0.05, 0) is 38.4 Å². The van der Waals surface area contributed by atoms with Gasteiger partial charge in [0.05, 0.1) is 5.56 Å². The van der Waals surface area contributed by atoms with Crippen LogP contribution >= 0.6 is 12.4 Å². The van der Waals surface area contributed by atoms with Crippen molar-refractivity contribution >= 4 is 24.1 Å². The Kier molecular flexibility index (Phi) is 7.58. The molecule has 0 saturated carbocycles. The number of benzene rings is 1. The third-order valence-electron chi connectivity index (χ3n) is 3.92. The smallest absolute Gasteiger partial charge is 0.220 e. The van der Waals surface area contributed by atoms with Crippen LogP contribution in [-0.4, -0.2) is 30.3 Å². The Labute approximate surface area is 140 Å². The molecule has 1 aromatic rings. The molecule has 1 saturated heterocycles. The van der Waals surface area contributed by atoms with E-state index in [4.69, 9.17) is 0 Å². The highest BCUT2D eigenvalue weighted by Gasteiger charge is 2.22. The summed E-state index contributed by atoms with van der Waals surface area (Å²) in [6.45, 7) is 2.94. The normalized spacial score (nSPS) is 20.5. The van der Waals surface area contributed by atoms with Crippen LogP contribution in [0.5, 0.6) is 0 Å². The second-order valence-electron chi connectivity index (χ2n) is 5.61. The van der Waals surface area contributed by atoms with Crippen LogP contribution in [0, 0.1) is 11.6 Å². The van der Waals surface area contributed by atoms with Crippen molar-refractivity contribution in [2.45, 2.75) is 44.7 Å². The molecular weight excluding hydrogens is 326 g/mol. The van der Waals surface area contributed by atoms with Crippen molar-refractivity contribution in [1.29, 1.82) is 0 Å². The van der Waals surface area contributed by atoms with Crippen LogP contribution in [0.15, 0.2) is 18.2 Å². The number of halogens is 3. The maximum Gasteiger partial charge on any atom is 0.220 e. The Hall–Kier alpha value is -1.53. The highest BCUT2D eigenvalue weighted by molar-refractivity contribution is 5.98. The topological polar surface area (TPSA) is 58.2 Å². The van der Waals surface area contributed by atoms with E-state index >= 15 is 0 Å². The minimum atomic E-state index is -0.893. The Bertz CT molecular complexity index is 569. The van der Waals surface area contributed by atoms with Crippen molar-refractivity contribution in [3.63, 3.8) is 0 Å². The van der Waals surface area contributed by atoms with E-state index in [2.05, 4.69) is 10.6 Å². The van der Waals surface area contributed by atoms with Crippen molar-refractivity contribution in [1.82, 2.24) is 10.6 Å². The van der Waals surface area contributed by atoms with Gasteiger partial charge in [0.2, 0.25) is 5.91 Å². The van der Waals surface area contributed by atoms with Gasteiger partial charge in [-0.1, -0.05) is 0 Å². The molecular formula is C16H21ClF2N2O2. The van der Waals surface area contributed by atoms with Gasteiger partial charge in [-0.2, -0.15) is 0 Å². The summed E-state index contributed by atoms with van der Waals surface area (Å²) in [6, 6.07) is 3.06. The molecule has 0 radical (unpaired) electrons. The summed E-state index contributed by atoms with van der Waals surface area (Å²) in [7, 11) is 0. The van der Waals surface area contributed by atoms with Crippen LogP contribution in [-0.2, 0) is 4.79 Å². The first kappa shape index (κ1) is 19.5. The number of nitrogens with one attached hydrogen (secondary N) is 2. The van der Waals surface area contributed by atoms with Crippen LogP contribution < -0.4 is 10.6 Å². The molecule has 0 aromatic heterocycles. The molecule has 0 spiro atoms. The molecule has 1 fully saturated rings. The lowest BCUT2D eigenvalue weighted by atomic mass is 9.99. The lowest BCUT2D eigenvalue weighted by Crippen LogP contribution is -2.51. The van der Waals surface area contributed by atoms with Crippen molar-refractivity contribution in [3.05, 3.63) is 35.4 Å². The van der Waals surface area contributed by atoms with E-state index in [-0.39, 0.29) is 48.8 Å². The number of amides is 1. The zero-order valence-electron chi connectivity index (χ0n) is 12.9. The monoisotopic (exact) mass is 346 g/mol. The maximum atomic E-state index is 13.5. The quantitative estimate of drug-likeness (QED) is 0.806. The minimum absolute atomic E-state index is 0. The molecule has 128 valence electrons. The highest BCUT2D eigenvalue weighted by atomic mass is 35.5. The predicted octanol–water partition coefficient (Wildman–Crippen LogP) is 2.61. The summed E-state index contributed by atoms with van der Waals surface area (Å²) in [5.41, 5.74) is -0.179. The second-order valence-corrected chi connectivity index (χ2v) is 5.61. The van der Waals surface area contributed by atoms with Crippen molar-refractivity contribution < 1.29 is 18.4 Å². The van der Waals surface area contributed by atoms with E-state index in [1.807, 2.05) is 6.92 Å². The number of rotatable bonds is 5. The van der Waals surface area contributed by atoms with Crippen LogP contribution in [0.3, 0.4) is 0 Å². The fourth-order valence-electron chi connectivity index (χ4n) is 2.60. The molecule has 4 nitrogen and oxygen atoms in total. The van der Waals surface area contributed by atoms with Gasteiger partial charge in [-0.25, -0.2) is 8.78 Å². The fourth-order valence-corrected chi connectivity index (χ4v) is 2.60. The maximum absolute atomic E-state index is 13.5. The predicted molar refractivity (Wildman–Crippen MR) is 85.8 cm³/mol. The highest BCUT2D eigenvalue weighted by Crippen LogP contribution is 2.13. The Balaban J connectivity index is 0.00000264. The molecule has 2 atom stereocenters. The molecule has 1 amide bonds. The molecule has 2 unspecified atom stereocenters. The number of hydrogen-bond donors (Lipinski definition) is 2. The molecule has 0 aliphatic carbocycles. The molecule has 2 rings (SSSR count). The molecule has 1 aliphatic heterocycles. The van der Waals surface area contributed by atoms with E-state index in [9.17, 15) is 18.4 Å². The first-order valence-electron chi connectivity index (χ1n) is 7.48. The number of piperidine rings is 1. The summed E-state index contributed by atoms with van der Waals surface area (Å²) in [5.74, 6) is -2.35. The van der Waals surface area contributed by atoms with Gasteiger partial charge in [0.25, 0.3) is 0 Å². The Morgan fingerprint density at radius 2 is 2.04 bits per heavy atom. The average molecular weight is 347 g/mol. The van der Waals surface area contributed by atoms with Crippen molar-refractivity contribution in [2.75, 3.05) is 6.54 Å². The summed E-state index contributed by atoms with van der Waals surface area (Å²) >= 11 is 0. The summed E-state index contributed by atoms with van der Waals surface area (Å²) < 4.78 is 26.3. The van der Waals surface area contributed by atoms with Gasteiger partial charge in [-0.15, -0.1) is 12.4 Å². The van der Waals surface area contributed by atoms with Crippen LogP contribution in [0.2, 0.25) is 0 Å². The van der Waals surface area contributed by atoms with Gasteiger partial charge in [0, 0.05) is 31.0 Å². The molecule has 0 bridgehead atoms. The molecule has 1 aromatic carbocycles. The fraction of sp³-hybridized carbons (Fsp3) is 0.500. The lowest BCUT2D eigenvalue weighted by molar-refractivity contribution is -0.122. The number of Topliss-reactive ketones (excluding diaryl/α,β-unsaturated/α-hetero) is 1. The van der Waals surface area contributed by atoms with E-state index < -0.39 is 17.4 Å². The Morgan fingerprint density at radius 1 is 1.30 bits per heavy atom. The molecule has 2 N–H and O–H groups in total. The molecule has 7 heteroatoms. The molecule has 23 heavy (non-hydrogen) atoms. The molecule has 1 aliphatic rings. The SMILES string of the molecule is CC1NCCCC1NC(=O)CCC(=O)c1ccc(F)cc1F.Cl. The van der Waals surface area contributed by atoms with Crippen molar-refractivity contribution in [3.8, 4) is 0 Å². The first-order chi connectivity index (χ1) is 10.5. The summed E-state index contributed by atoms with van der Waals surface area (Å²) in [6.07, 6.45) is 1.80. The van der Waals surface area contributed by atoms with E-state index in [0.717, 1.165) is 31.5 Å². The third kappa shape index (κ3) is 5.55. The van der Waals surface area contributed by atoms with Gasteiger partial charge in [-0.3, -0.25) is 9.59 Å². The number of carbonyl (C=O) groups excluding carboxylic acids is 2. The Morgan fingerprint density at radius 3 is 2.70 bits per heavy atom. The van der Waals surface area contributed by atoms with Gasteiger partial charge in [0.15, 0.2) is 5.78 Å². The average Bonchev–Trinajstić information content (AvgIpc) is 2.47.